The van der Waals surface area contributed by atoms with Crippen molar-refractivity contribution in [2.45, 2.75) is 50.4 Å². The Bertz CT molecular complexity index is 837. The van der Waals surface area contributed by atoms with Gasteiger partial charge in [0.1, 0.15) is 18.1 Å². The fraction of sp³-hybridized carbons (Fsp3) is 0.476. The van der Waals surface area contributed by atoms with E-state index < -0.39 is 60.2 Å². The summed E-state index contributed by atoms with van der Waals surface area (Å²) in [5.41, 5.74) is 6.73. The maximum atomic E-state index is 12.5. The fourth-order valence-corrected chi connectivity index (χ4v) is 3.26. The monoisotopic (exact) mass is 482 g/mol. The molecule has 0 aromatic heterocycles. The Labute approximate surface area is 195 Å². The van der Waals surface area contributed by atoms with Crippen LogP contribution >= 0.6 is 11.8 Å². The molecule has 1 rings (SSSR count). The highest BCUT2D eigenvalue weighted by Gasteiger charge is 2.30. The summed E-state index contributed by atoms with van der Waals surface area (Å²) in [6, 6.07) is 4.26. The molecule has 0 aliphatic rings. The van der Waals surface area contributed by atoms with Crippen molar-refractivity contribution in [1.29, 1.82) is 0 Å². The molecule has 0 aliphatic heterocycles. The Morgan fingerprint density at radius 3 is 2.09 bits per heavy atom. The molecule has 0 bridgehead atoms. The van der Waals surface area contributed by atoms with Crippen molar-refractivity contribution in [2.75, 3.05) is 12.0 Å². The molecule has 1 aromatic rings. The van der Waals surface area contributed by atoms with Crippen molar-refractivity contribution in [3.05, 3.63) is 35.9 Å². The van der Waals surface area contributed by atoms with Crippen LogP contribution in [0.5, 0.6) is 0 Å². The number of nitrogens with one attached hydrogen (secondary N) is 3. The van der Waals surface area contributed by atoms with Gasteiger partial charge in [-0.1, -0.05) is 30.3 Å². The number of carboxylic acids is 2. The number of hydrogen-bond donors (Lipinski definition) is 6. The summed E-state index contributed by atoms with van der Waals surface area (Å²) in [6.45, 7) is 1.36. The summed E-state index contributed by atoms with van der Waals surface area (Å²) in [6.07, 6.45) is 1.38. The summed E-state index contributed by atoms with van der Waals surface area (Å²) in [7, 11) is 0. The zero-order valence-corrected chi connectivity index (χ0v) is 19.3. The van der Waals surface area contributed by atoms with Gasteiger partial charge in [0.2, 0.25) is 17.7 Å². The van der Waals surface area contributed by atoms with E-state index in [9.17, 15) is 29.1 Å². The van der Waals surface area contributed by atoms with E-state index in [0.717, 1.165) is 5.56 Å². The van der Waals surface area contributed by atoms with E-state index in [1.807, 2.05) is 18.2 Å². The first-order valence-electron chi connectivity index (χ1n) is 10.2. The normalized spacial score (nSPS) is 14.3. The lowest BCUT2D eigenvalue weighted by atomic mass is 10.1. The topological polar surface area (TPSA) is 188 Å². The molecule has 3 amide bonds. The van der Waals surface area contributed by atoms with Crippen LogP contribution in [-0.2, 0) is 30.4 Å². The zero-order valence-electron chi connectivity index (χ0n) is 18.4. The summed E-state index contributed by atoms with van der Waals surface area (Å²) in [5.74, 6) is -4.53. The molecule has 0 aliphatic carbocycles. The van der Waals surface area contributed by atoms with Crippen LogP contribution in [0.15, 0.2) is 30.3 Å². The third-order valence-corrected chi connectivity index (χ3v) is 5.27. The van der Waals surface area contributed by atoms with Crippen molar-refractivity contribution in [3.63, 3.8) is 0 Å². The molecule has 0 saturated carbocycles. The molecule has 0 saturated heterocycles. The van der Waals surface area contributed by atoms with Crippen molar-refractivity contribution >= 4 is 41.4 Å². The molecular weight excluding hydrogens is 452 g/mol. The van der Waals surface area contributed by atoms with Gasteiger partial charge in [0.05, 0.1) is 12.5 Å². The van der Waals surface area contributed by atoms with Crippen molar-refractivity contribution in [2.24, 2.45) is 5.73 Å². The lowest BCUT2D eigenvalue weighted by molar-refractivity contribution is -0.143. The minimum atomic E-state index is -1.52. The molecule has 0 spiro atoms. The standard InChI is InChI=1S/C21H30N4O7S/c1-12(23-19(29)14(22)10-13-6-4-3-5-7-13)18(28)25-16(11-17(26)27)20(30)24-15(21(31)32)8-9-33-2/h3-7,12,14-16H,8-11,22H2,1-2H3,(H,23,29)(H,24,30)(H,25,28)(H,26,27)(H,31,32). The SMILES string of the molecule is CSCCC(NC(=O)C(CC(=O)O)NC(=O)C(C)NC(=O)C(N)Cc1ccccc1)C(=O)O. The first kappa shape index (κ1) is 27.9. The van der Waals surface area contributed by atoms with Gasteiger partial charge in [0.25, 0.3) is 0 Å². The number of thioether (sulfide) groups is 1. The van der Waals surface area contributed by atoms with E-state index in [2.05, 4.69) is 16.0 Å². The second-order valence-corrected chi connectivity index (χ2v) is 8.35. The van der Waals surface area contributed by atoms with E-state index >= 15 is 0 Å². The molecule has 12 heteroatoms. The van der Waals surface area contributed by atoms with Gasteiger partial charge in [0, 0.05) is 0 Å². The number of benzene rings is 1. The summed E-state index contributed by atoms with van der Waals surface area (Å²) in [5, 5.41) is 25.3. The van der Waals surface area contributed by atoms with Gasteiger partial charge in [-0.25, -0.2) is 4.79 Å². The molecular formula is C21H30N4O7S. The minimum absolute atomic E-state index is 0.127. The van der Waals surface area contributed by atoms with Crippen molar-refractivity contribution in [3.8, 4) is 0 Å². The third kappa shape index (κ3) is 10.4. The number of amides is 3. The summed E-state index contributed by atoms with van der Waals surface area (Å²) >= 11 is 1.39. The van der Waals surface area contributed by atoms with Crippen LogP contribution < -0.4 is 21.7 Å². The predicted octanol–water partition coefficient (Wildman–Crippen LogP) is -0.657. The van der Waals surface area contributed by atoms with Crippen LogP contribution in [0.1, 0.15) is 25.3 Å². The maximum Gasteiger partial charge on any atom is 0.326 e. The molecule has 7 N–H and O–H groups in total. The number of carboxylic acid groups (broad SMARTS) is 2. The van der Waals surface area contributed by atoms with Crippen molar-refractivity contribution in [1.82, 2.24) is 16.0 Å². The first-order chi connectivity index (χ1) is 15.5. The van der Waals surface area contributed by atoms with Crippen LogP contribution in [0.2, 0.25) is 0 Å². The Morgan fingerprint density at radius 2 is 1.55 bits per heavy atom. The molecule has 33 heavy (non-hydrogen) atoms. The van der Waals surface area contributed by atoms with Gasteiger partial charge in [-0.3, -0.25) is 19.2 Å². The van der Waals surface area contributed by atoms with Crippen LogP contribution in [0, 0.1) is 0 Å². The Hall–Kier alpha value is -3.12. The number of carbonyl (C=O) groups is 5. The lowest BCUT2D eigenvalue weighted by Gasteiger charge is -2.23. The predicted molar refractivity (Wildman–Crippen MR) is 122 cm³/mol. The Kier molecular flexibility index (Phi) is 11.9. The molecule has 182 valence electrons. The highest BCUT2D eigenvalue weighted by molar-refractivity contribution is 7.98. The molecule has 0 fully saturated rings. The van der Waals surface area contributed by atoms with E-state index in [1.165, 1.54) is 18.7 Å². The van der Waals surface area contributed by atoms with Crippen molar-refractivity contribution < 1.29 is 34.2 Å². The van der Waals surface area contributed by atoms with Gasteiger partial charge < -0.3 is 31.9 Å². The molecule has 0 radical (unpaired) electrons. The largest absolute Gasteiger partial charge is 0.481 e. The Morgan fingerprint density at radius 1 is 0.939 bits per heavy atom. The molecule has 4 atom stereocenters. The highest BCUT2D eigenvalue weighted by Crippen LogP contribution is 2.04. The van der Waals surface area contributed by atoms with Gasteiger partial charge >= 0.3 is 11.9 Å². The minimum Gasteiger partial charge on any atom is -0.481 e. The number of hydrogen-bond acceptors (Lipinski definition) is 7. The maximum absolute atomic E-state index is 12.5. The number of aliphatic carboxylic acids is 2. The van der Waals surface area contributed by atoms with Crippen LogP contribution in [0.3, 0.4) is 0 Å². The van der Waals surface area contributed by atoms with Crippen LogP contribution in [0.25, 0.3) is 0 Å². The molecule has 0 heterocycles. The molecule has 4 unspecified atom stereocenters. The zero-order chi connectivity index (χ0) is 25.0. The second-order valence-electron chi connectivity index (χ2n) is 7.37. The van der Waals surface area contributed by atoms with Gasteiger partial charge in [-0.15, -0.1) is 0 Å². The van der Waals surface area contributed by atoms with Crippen LogP contribution in [-0.4, -0.2) is 76.0 Å². The number of rotatable bonds is 14. The highest BCUT2D eigenvalue weighted by atomic mass is 32.2. The number of nitrogens with two attached hydrogens (primary N) is 1. The van der Waals surface area contributed by atoms with Gasteiger partial charge in [0.15, 0.2) is 0 Å². The van der Waals surface area contributed by atoms with Crippen LogP contribution in [0.4, 0.5) is 0 Å². The third-order valence-electron chi connectivity index (χ3n) is 4.62. The van der Waals surface area contributed by atoms with E-state index in [4.69, 9.17) is 10.8 Å². The smallest absolute Gasteiger partial charge is 0.326 e. The first-order valence-corrected chi connectivity index (χ1v) is 11.6. The second kappa shape index (κ2) is 14.1. The van der Waals surface area contributed by atoms with E-state index in [-0.39, 0.29) is 12.8 Å². The average molecular weight is 483 g/mol. The van der Waals surface area contributed by atoms with Gasteiger partial charge in [-0.2, -0.15) is 11.8 Å². The van der Waals surface area contributed by atoms with Gasteiger partial charge in [-0.05, 0) is 37.3 Å². The average Bonchev–Trinajstić information content (AvgIpc) is 2.75. The quantitative estimate of drug-likeness (QED) is 0.200. The van der Waals surface area contributed by atoms with E-state index in [0.29, 0.717) is 5.75 Å². The summed E-state index contributed by atoms with van der Waals surface area (Å²) < 4.78 is 0. The van der Waals surface area contributed by atoms with E-state index in [1.54, 1.807) is 18.4 Å². The molecule has 1 aromatic carbocycles. The lowest BCUT2D eigenvalue weighted by Crippen LogP contribution is -2.57. The fourth-order valence-electron chi connectivity index (χ4n) is 2.79. The molecule has 11 nitrogen and oxygen atoms in total. The number of carbonyl (C=O) groups excluding carboxylic acids is 3. The summed E-state index contributed by atoms with van der Waals surface area (Å²) in [4.78, 5) is 59.8. The Balaban J connectivity index is 2.73.